The highest BCUT2D eigenvalue weighted by Crippen LogP contribution is 2.49. The van der Waals surface area contributed by atoms with Crippen molar-refractivity contribution in [1.29, 1.82) is 0 Å². The number of aliphatic hydroxyl groups excluding tert-OH is 1. The van der Waals surface area contributed by atoms with Crippen molar-refractivity contribution in [2.75, 3.05) is 38.2 Å². The molecule has 0 bridgehead atoms. The van der Waals surface area contributed by atoms with Crippen LogP contribution in [0.1, 0.15) is 155 Å². The molecule has 2 aliphatic heterocycles. The number of rotatable bonds is 22. The molecule has 4 aliphatic rings. The van der Waals surface area contributed by atoms with Gasteiger partial charge in [-0.1, -0.05) is 104 Å². The Labute approximate surface area is 625 Å². The second-order valence-electron chi connectivity index (χ2n) is 29.7. The number of aliphatic hydroxyl groups is 1. The number of aliphatic imine (C=N–C) groups is 1. The predicted molar refractivity (Wildman–Crippen MR) is 412 cm³/mol. The number of nitrogens with one attached hydrogen (secondary N) is 5. The number of hydrogen-bond donors (Lipinski definition) is 10. The molecule has 2 aliphatic carbocycles. The van der Waals surface area contributed by atoms with Crippen molar-refractivity contribution in [2.24, 2.45) is 51.8 Å². The number of H-pyrrole nitrogens is 1. The number of nitrogens with two attached hydrogens (primary N) is 3. The summed E-state index contributed by atoms with van der Waals surface area (Å²) in [7, 11) is 2.20. The lowest BCUT2D eigenvalue weighted by molar-refractivity contribution is -0.136. The van der Waals surface area contributed by atoms with Gasteiger partial charge >= 0.3 is 0 Å². The summed E-state index contributed by atoms with van der Waals surface area (Å²) in [6, 6.07) is 28.2. The van der Waals surface area contributed by atoms with Gasteiger partial charge in [-0.15, -0.1) is 0 Å². The van der Waals surface area contributed by atoms with Crippen molar-refractivity contribution in [1.82, 2.24) is 36.1 Å². The van der Waals surface area contributed by atoms with Crippen molar-refractivity contribution in [3.8, 4) is 5.75 Å². The summed E-state index contributed by atoms with van der Waals surface area (Å²) in [5.74, 6) is -7.61. The van der Waals surface area contributed by atoms with Crippen molar-refractivity contribution in [3.63, 3.8) is 0 Å². The number of fused-ring (bicyclic) bond motifs is 3. The first kappa shape index (κ1) is 79.4. The van der Waals surface area contributed by atoms with Crippen LogP contribution in [-0.2, 0) is 75.3 Å². The third-order valence-corrected chi connectivity index (χ3v) is 22.9. The average Bonchev–Trinajstić information content (AvgIpc) is 1.50. The fourth-order valence-corrected chi connectivity index (χ4v) is 17.0. The Morgan fingerprint density at radius 3 is 2.07 bits per heavy atom. The Morgan fingerprint density at radius 2 is 1.33 bits per heavy atom. The molecule has 4 aromatic carbocycles. The fraction of sp³-hybridized carbons (Fsp3) is 0.482. The first-order chi connectivity index (χ1) is 51.2. The van der Waals surface area contributed by atoms with Crippen molar-refractivity contribution < 1.29 is 53.4 Å². The van der Waals surface area contributed by atoms with Gasteiger partial charge in [-0.2, -0.15) is 11.8 Å². The van der Waals surface area contributed by atoms with Crippen molar-refractivity contribution in [2.45, 2.75) is 184 Å². The number of benzene rings is 4. The zero-order valence-electron chi connectivity index (χ0n) is 61.1. The smallest absolute Gasteiger partial charge is 0.230 e. The van der Waals surface area contributed by atoms with Gasteiger partial charge in [0.05, 0.1) is 30.0 Å². The van der Waals surface area contributed by atoms with Crippen LogP contribution >= 0.6 is 11.8 Å². The first-order valence-corrected chi connectivity index (χ1v) is 39.0. The number of likely N-dealkylation sites (N-methyl/N-ethyl adjacent to an activating group) is 1. The lowest BCUT2D eigenvalue weighted by Gasteiger charge is -2.46. The SMILES string of the molecule is C[C@@H](O)[C@@H]1NC(=O)[C@H](CCCCN)CC(=O)[C@@H](Cc2c[nH]c3ccccc23)NC(=O)[C@H](Cc2ccncc2)CC(=O)[C@H](Cc2ccccc2)NC(=O)[C@H](CCCN=C(N)N)CC(=O)[C@H](NC(=O)CSC[C@@H]2C[C@@H]3c4cccc5c4C(=CC5)C[C@H]3N(C)C2)CCCCCC(=O)[C@H](Cc2ccc(O)cc2)CC1=O. The summed E-state index contributed by atoms with van der Waals surface area (Å²) in [5.41, 5.74) is 26.6. The van der Waals surface area contributed by atoms with Crippen LogP contribution in [0, 0.1) is 29.6 Å². The van der Waals surface area contributed by atoms with E-state index in [0.29, 0.717) is 72.2 Å². The minimum Gasteiger partial charge on any atom is -0.508 e. The highest BCUT2D eigenvalue weighted by Gasteiger charge is 2.43. The number of piperidine rings is 1. The molecular weight excluding hydrogens is 1360 g/mol. The molecule has 4 amide bonds. The number of para-hydroxylation sites is 1. The molecule has 2 aromatic heterocycles. The van der Waals surface area contributed by atoms with Gasteiger partial charge in [-0.3, -0.25) is 53.1 Å². The molecule has 6 aromatic rings. The van der Waals surface area contributed by atoms with Crippen LogP contribution < -0.4 is 38.5 Å². The molecule has 12 atom stereocenters. The number of carbonyl (C=O) groups excluding carboxylic acids is 9. The normalized spacial score (nSPS) is 24.7. The standard InChI is InChI=1S/C83H105N11O11S/c1-51(95)79-76(101)45-60(37-53-25-29-63(96)30-26-53)72(97)24-8-4-7-23-68(90-77(102)50-106-49-55-39-66-65-21-13-18-56-27-28-57(78(56)65)42-71(66)94(2)48-55)73(98)43-59(19-14-34-88-83(85)86)80(103)91-69(40-52-15-5-3-6-16-52)75(100)46-61(38-54-31-35-87-36-32-54)82(105)92-70(41-62-47-89-67-22-10-9-20-64(62)67)74(99)44-58(81(104)93-79)17-11-12-33-84/h3,5-6,9-10,13,15-16,18,20-22,25-26,28-32,35-36,47,51,55,58-61,66,68-71,79,89,95-96H,4,7-8,11-12,14,17,19,23-24,27,33-34,37-46,48-50,84H2,1-2H3,(H,90,102)(H,91,103)(H,92,105)(H,93,104)(H4,85,86,88)/t51-,55-,58-,59-,60-,61-,66-,68-,69+,70-,71-,79+/m1/s1. The van der Waals surface area contributed by atoms with Gasteiger partial charge in [0.15, 0.2) is 29.1 Å². The number of hydrogen-bond acceptors (Lipinski definition) is 16. The van der Waals surface area contributed by atoms with Gasteiger partial charge < -0.3 is 58.6 Å². The highest BCUT2D eigenvalue weighted by molar-refractivity contribution is 7.99. The summed E-state index contributed by atoms with van der Waals surface area (Å²) in [5, 5.41) is 34.3. The number of ketones is 5. The molecule has 23 heteroatoms. The molecular formula is C83H105N11O11S. The van der Waals surface area contributed by atoms with Gasteiger partial charge in [0.1, 0.15) is 17.6 Å². The molecule has 22 nitrogen and oxygen atoms in total. The topological polar surface area (TPSA) is 365 Å². The highest BCUT2D eigenvalue weighted by atomic mass is 32.2. The molecule has 0 radical (unpaired) electrons. The number of aromatic hydroxyl groups is 1. The Morgan fingerprint density at radius 1 is 0.679 bits per heavy atom. The van der Waals surface area contributed by atoms with E-state index in [1.165, 1.54) is 53.1 Å². The van der Waals surface area contributed by atoms with Gasteiger partial charge in [-0.05, 0) is 184 Å². The first-order valence-electron chi connectivity index (χ1n) is 37.8. The number of pyridine rings is 1. The number of carbonyl (C=O) groups is 9. The van der Waals surface area contributed by atoms with E-state index in [1.807, 2.05) is 54.6 Å². The van der Waals surface area contributed by atoms with Gasteiger partial charge in [-0.25, -0.2) is 0 Å². The summed E-state index contributed by atoms with van der Waals surface area (Å²) in [4.78, 5) is 149. The number of amides is 4. The molecule has 2 fully saturated rings. The number of nitrogens with zero attached hydrogens (tertiary/aromatic N) is 3. The van der Waals surface area contributed by atoms with E-state index in [-0.39, 0.29) is 113 Å². The van der Waals surface area contributed by atoms with Gasteiger partial charge in [0.2, 0.25) is 23.6 Å². The summed E-state index contributed by atoms with van der Waals surface area (Å²) in [6.45, 7) is 2.66. The zero-order chi connectivity index (χ0) is 75.2. The number of Topliss-reactive ketones (excluding diaryl/α,β-unsaturated/α-hetero) is 5. The molecule has 0 spiro atoms. The van der Waals surface area contributed by atoms with E-state index in [9.17, 15) is 29.4 Å². The quantitative estimate of drug-likeness (QED) is 0.0174. The number of allylic oxidation sites excluding steroid dienone is 1. The van der Waals surface area contributed by atoms with Crippen LogP contribution in [0.2, 0.25) is 0 Å². The second kappa shape index (κ2) is 38.9. The summed E-state index contributed by atoms with van der Waals surface area (Å²) in [6.07, 6.45) is 9.96. The minimum absolute atomic E-state index is 0.00112. The van der Waals surface area contributed by atoms with E-state index in [2.05, 4.69) is 72.5 Å². The summed E-state index contributed by atoms with van der Waals surface area (Å²) >= 11 is 1.52. The van der Waals surface area contributed by atoms with Crippen LogP contribution in [0.25, 0.3) is 16.5 Å². The van der Waals surface area contributed by atoms with E-state index >= 15 is 24.0 Å². The van der Waals surface area contributed by atoms with E-state index in [4.69, 9.17) is 17.2 Å². The van der Waals surface area contributed by atoms with Crippen LogP contribution in [0.5, 0.6) is 5.75 Å². The van der Waals surface area contributed by atoms with E-state index in [0.717, 1.165) is 42.5 Å². The van der Waals surface area contributed by atoms with Crippen LogP contribution in [0.3, 0.4) is 0 Å². The minimum atomic E-state index is -1.50. The van der Waals surface area contributed by atoms with Gasteiger partial charge in [0, 0.05) is 117 Å². The maximum Gasteiger partial charge on any atom is 0.230 e. The van der Waals surface area contributed by atoms with Crippen molar-refractivity contribution in [3.05, 3.63) is 173 Å². The Balaban J connectivity index is 0.968. The molecule has 564 valence electrons. The average molecular weight is 1460 g/mol. The Bertz CT molecular complexity index is 4090. The number of thioether (sulfide) groups is 1. The van der Waals surface area contributed by atoms with Crippen molar-refractivity contribution >= 4 is 86.7 Å². The Kier molecular flexibility index (Phi) is 29.1. The van der Waals surface area contributed by atoms with E-state index < -0.39 is 108 Å². The third kappa shape index (κ3) is 22.2. The largest absolute Gasteiger partial charge is 0.508 e. The molecule has 13 N–H and O–H groups in total. The lowest BCUT2D eigenvalue weighted by atomic mass is 9.70. The van der Waals surface area contributed by atoms with Crippen LogP contribution in [0.15, 0.2) is 139 Å². The maximum atomic E-state index is 15.5. The molecule has 0 unspecified atom stereocenters. The second-order valence-corrected chi connectivity index (χ2v) is 30.7. The number of guanidine groups is 1. The number of phenolic OH excluding ortho intramolecular Hbond substituents is 1. The molecule has 2 saturated heterocycles. The fourth-order valence-electron chi connectivity index (χ4n) is 16.0. The van der Waals surface area contributed by atoms with Crippen LogP contribution in [-0.4, -0.2) is 158 Å². The van der Waals surface area contributed by atoms with Crippen LogP contribution in [0.4, 0.5) is 0 Å². The third-order valence-electron chi connectivity index (χ3n) is 21.7. The number of aromatic amines is 1. The predicted octanol–water partition coefficient (Wildman–Crippen LogP) is 8.06. The number of likely N-dealkylation sites (tertiary alicyclic amines) is 1. The molecule has 4 heterocycles. The summed E-state index contributed by atoms with van der Waals surface area (Å²) < 4.78 is 0. The number of aromatic nitrogens is 2. The van der Waals surface area contributed by atoms with Gasteiger partial charge in [0.25, 0.3) is 0 Å². The number of unbranched alkanes of at least 4 members (excludes halogenated alkanes) is 1. The zero-order valence-corrected chi connectivity index (χ0v) is 61.9. The number of phenols is 1. The Hall–Kier alpha value is -9.16. The lowest BCUT2D eigenvalue weighted by Crippen LogP contribution is -2.51. The molecule has 106 heavy (non-hydrogen) atoms. The molecule has 10 rings (SSSR count). The maximum absolute atomic E-state index is 15.5. The van der Waals surface area contributed by atoms with E-state index in [1.54, 1.807) is 42.9 Å². The monoisotopic (exact) mass is 1460 g/mol. The molecule has 0 saturated carbocycles.